The quantitative estimate of drug-likeness (QED) is 0.904. The molecule has 1 amide bonds. The SMILES string of the molecule is CC(C)c1ccc(CC(=O)NC2CN(c3ccc(C#N)nn3)C2)cc1. The predicted octanol–water partition coefficient (Wildman–Crippen LogP) is 2.02. The van der Waals surface area contributed by atoms with Gasteiger partial charge in [0.05, 0.1) is 12.5 Å². The van der Waals surface area contributed by atoms with E-state index in [9.17, 15) is 4.79 Å². The normalized spacial score (nSPS) is 14.1. The van der Waals surface area contributed by atoms with Crippen molar-refractivity contribution in [3.63, 3.8) is 0 Å². The largest absolute Gasteiger partial charge is 0.351 e. The van der Waals surface area contributed by atoms with Gasteiger partial charge in [0, 0.05) is 13.1 Å². The lowest BCUT2D eigenvalue weighted by Gasteiger charge is -2.40. The van der Waals surface area contributed by atoms with Gasteiger partial charge in [-0.25, -0.2) is 0 Å². The summed E-state index contributed by atoms with van der Waals surface area (Å²) in [7, 11) is 0. The Kier molecular flexibility index (Phi) is 4.94. The van der Waals surface area contributed by atoms with Crippen LogP contribution in [0.15, 0.2) is 36.4 Å². The van der Waals surface area contributed by atoms with Crippen molar-refractivity contribution in [1.82, 2.24) is 15.5 Å². The standard InChI is InChI=1S/C19H21N5O/c1-13(2)15-5-3-14(4-6-15)9-19(25)21-17-11-24(12-17)18-8-7-16(10-20)22-23-18/h3-8,13,17H,9,11-12H2,1-2H3,(H,21,25). The molecule has 0 radical (unpaired) electrons. The van der Waals surface area contributed by atoms with Crippen molar-refractivity contribution in [3.8, 4) is 6.07 Å². The molecule has 25 heavy (non-hydrogen) atoms. The number of hydrogen-bond acceptors (Lipinski definition) is 5. The molecule has 0 spiro atoms. The van der Waals surface area contributed by atoms with Gasteiger partial charge in [-0.15, -0.1) is 10.2 Å². The molecule has 128 valence electrons. The fourth-order valence-electron chi connectivity index (χ4n) is 2.79. The molecule has 1 fully saturated rings. The molecule has 0 aliphatic carbocycles. The number of nitrogens with one attached hydrogen (secondary N) is 1. The van der Waals surface area contributed by atoms with Gasteiger partial charge in [0.1, 0.15) is 6.07 Å². The number of nitriles is 1. The van der Waals surface area contributed by atoms with E-state index in [-0.39, 0.29) is 11.9 Å². The molecule has 0 atom stereocenters. The van der Waals surface area contributed by atoms with Crippen LogP contribution in [0.25, 0.3) is 0 Å². The first kappa shape index (κ1) is 16.9. The zero-order valence-electron chi connectivity index (χ0n) is 14.4. The van der Waals surface area contributed by atoms with Crippen LogP contribution in [0, 0.1) is 11.3 Å². The number of carbonyl (C=O) groups is 1. The number of benzene rings is 1. The van der Waals surface area contributed by atoms with Crippen molar-refractivity contribution in [3.05, 3.63) is 53.2 Å². The second kappa shape index (κ2) is 7.31. The van der Waals surface area contributed by atoms with Crippen molar-refractivity contribution >= 4 is 11.7 Å². The van der Waals surface area contributed by atoms with Crippen LogP contribution in [0.1, 0.15) is 36.6 Å². The minimum absolute atomic E-state index is 0.0351. The van der Waals surface area contributed by atoms with Gasteiger partial charge in [-0.3, -0.25) is 4.79 Å². The van der Waals surface area contributed by atoms with Crippen LogP contribution in [0.2, 0.25) is 0 Å². The Balaban J connectivity index is 1.46. The first-order chi connectivity index (χ1) is 12.0. The third-order valence-electron chi connectivity index (χ3n) is 4.35. The molecular formula is C19H21N5O. The lowest BCUT2D eigenvalue weighted by atomic mass is 10.0. The second-order valence-electron chi connectivity index (χ2n) is 6.63. The van der Waals surface area contributed by atoms with Crippen molar-refractivity contribution in [2.75, 3.05) is 18.0 Å². The Hall–Kier alpha value is -2.94. The average molecular weight is 335 g/mol. The van der Waals surface area contributed by atoms with Gasteiger partial charge in [0.25, 0.3) is 0 Å². The molecule has 1 aliphatic rings. The Morgan fingerprint density at radius 3 is 2.52 bits per heavy atom. The number of rotatable bonds is 5. The second-order valence-corrected chi connectivity index (χ2v) is 6.63. The van der Waals surface area contributed by atoms with Crippen LogP contribution in [-0.2, 0) is 11.2 Å². The molecule has 3 rings (SSSR count). The van der Waals surface area contributed by atoms with Gasteiger partial charge in [-0.1, -0.05) is 38.1 Å². The maximum atomic E-state index is 12.2. The van der Waals surface area contributed by atoms with Crippen LogP contribution >= 0.6 is 0 Å². The highest BCUT2D eigenvalue weighted by molar-refractivity contribution is 5.79. The predicted molar refractivity (Wildman–Crippen MR) is 95.1 cm³/mol. The summed E-state index contributed by atoms with van der Waals surface area (Å²) in [6.45, 7) is 5.72. The van der Waals surface area contributed by atoms with E-state index < -0.39 is 0 Å². The van der Waals surface area contributed by atoms with E-state index >= 15 is 0 Å². The van der Waals surface area contributed by atoms with Gasteiger partial charge >= 0.3 is 0 Å². The van der Waals surface area contributed by atoms with E-state index in [0.717, 1.165) is 11.4 Å². The summed E-state index contributed by atoms with van der Waals surface area (Å²) in [5, 5.41) is 19.6. The number of hydrogen-bond donors (Lipinski definition) is 1. The summed E-state index contributed by atoms with van der Waals surface area (Å²) in [6.07, 6.45) is 0.394. The number of nitrogens with zero attached hydrogens (tertiary/aromatic N) is 4. The van der Waals surface area contributed by atoms with Gasteiger partial charge in [0.15, 0.2) is 11.5 Å². The molecule has 2 aromatic rings. The zero-order chi connectivity index (χ0) is 17.8. The molecule has 0 saturated carbocycles. The summed E-state index contributed by atoms with van der Waals surface area (Å²) in [5.41, 5.74) is 2.61. The summed E-state index contributed by atoms with van der Waals surface area (Å²) < 4.78 is 0. The van der Waals surface area contributed by atoms with Gasteiger partial charge < -0.3 is 10.2 Å². The molecular weight excluding hydrogens is 314 g/mol. The van der Waals surface area contributed by atoms with E-state index in [1.54, 1.807) is 12.1 Å². The van der Waals surface area contributed by atoms with Crippen LogP contribution in [-0.4, -0.2) is 35.2 Å². The zero-order valence-corrected chi connectivity index (χ0v) is 14.4. The molecule has 1 aliphatic heterocycles. The molecule has 1 saturated heterocycles. The molecule has 1 aromatic heterocycles. The molecule has 6 heteroatoms. The van der Waals surface area contributed by atoms with E-state index in [1.807, 2.05) is 23.1 Å². The molecule has 6 nitrogen and oxygen atoms in total. The van der Waals surface area contributed by atoms with Crippen molar-refractivity contribution in [2.24, 2.45) is 0 Å². The fourth-order valence-corrected chi connectivity index (χ4v) is 2.79. The Morgan fingerprint density at radius 1 is 1.24 bits per heavy atom. The van der Waals surface area contributed by atoms with Crippen LogP contribution in [0.5, 0.6) is 0 Å². The average Bonchev–Trinajstić information content (AvgIpc) is 2.58. The summed E-state index contributed by atoms with van der Waals surface area (Å²) in [5.74, 6) is 1.26. The van der Waals surface area contributed by atoms with E-state index in [2.05, 4.69) is 41.5 Å². The lowest BCUT2D eigenvalue weighted by Crippen LogP contribution is -2.60. The van der Waals surface area contributed by atoms with Gasteiger partial charge in [-0.05, 0) is 29.2 Å². The van der Waals surface area contributed by atoms with E-state index in [0.29, 0.717) is 31.1 Å². The highest BCUT2D eigenvalue weighted by Crippen LogP contribution is 2.18. The lowest BCUT2D eigenvalue weighted by molar-refractivity contribution is -0.121. The van der Waals surface area contributed by atoms with E-state index in [1.165, 1.54) is 5.56 Å². The number of carbonyl (C=O) groups excluding carboxylic acids is 1. The topological polar surface area (TPSA) is 81.9 Å². The number of aromatic nitrogens is 2. The monoisotopic (exact) mass is 335 g/mol. The van der Waals surface area contributed by atoms with Crippen molar-refractivity contribution < 1.29 is 4.79 Å². The van der Waals surface area contributed by atoms with E-state index in [4.69, 9.17) is 5.26 Å². The van der Waals surface area contributed by atoms with Crippen molar-refractivity contribution in [2.45, 2.75) is 32.2 Å². The highest BCUT2D eigenvalue weighted by atomic mass is 16.1. The summed E-state index contributed by atoms with van der Waals surface area (Å²) in [4.78, 5) is 14.2. The van der Waals surface area contributed by atoms with Crippen molar-refractivity contribution in [1.29, 1.82) is 5.26 Å². The molecule has 1 N–H and O–H groups in total. The smallest absolute Gasteiger partial charge is 0.224 e. The Bertz CT molecular complexity index is 771. The minimum atomic E-state index is 0.0351. The van der Waals surface area contributed by atoms with Crippen LogP contribution in [0.4, 0.5) is 5.82 Å². The van der Waals surface area contributed by atoms with Gasteiger partial charge in [0.2, 0.25) is 5.91 Å². The summed E-state index contributed by atoms with van der Waals surface area (Å²) in [6, 6.07) is 13.7. The maximum absolute atomic E-state index is 12.2. The number of amides is 1. The fraction of sp³-hybridized carbons (Fsp3) is 0.368. The number of anilines is 1. The first-order valence-electron chi connectivity index (χ1n) is 8.42. The third kappa shape index (κ3) is 4.13. The van der Waals surface area contributed by atoms with Gasteiger partial charge in [-0.2, -0.15) is 5.26 Å². The molecule has 2 heterocycles. The minimum Gasteiger partial charge on any atom is -0.351 e. The third-order valence-corrected chi connectivity index (χ3v) is 4.35. The Labute approximate surface area is 147 Å². The molecule has 0 unspecified atom stereocenters. The maximum Gasteiger partial charge on any atom is 0.224 e. The van der Waals surface area contributed by atoms with Crippen LogP contribution in [0.3, 0.4) is 0 Å². The molecule has 1 aromatic carbocycles. The Morgan fingerprint density at radius 2 is 1.96 bits per heavy atom. The first-order valence-corrected chi connectivity index (χ1v) is 8.42. The molecule has 0 bridgehead atoms. The summed E-state index contributed by atoms with van der Waals surface area (Å²) >= 11 is 0. The van der Waals surface area contributed by atoms with Crippen LogP contribution < -0.4 is 10.2 Å². The highest BCUT2D eigenvalue weighted by Gasteiger charge is 2.29.